The molecule has 2 aromatic rings. The molecule has 7 heteroatoms. The SMILES string of the molecule is CC(=O)c1ccc(NC(=O)[C@H](C)OC(=O)[C@H](C)Oc2ccc(C#N)cc2)cc1. The molecule has 1 N–H and O–H groups in total. The van der Waals surface area contributed by atoms with E-state index in [4.69, 9.17) is 14.7 Å². The molecule has 0 saturated heterocycles. The number of nitrogens with zero attached hydrogens (tertiary/aromatic N) is 1. The van der Waals surface area contributed by atoms with Crippen LogP contribution in [0.3, 0.4) is 0 Å². The maximum atomic E-state index is 12.2. The van der Waals surface area contributed by atoms with Crippen LogP contribution in [0.25, 0.3) is 0 Å². The number of ether oxygens (including phenoxy) is 2. The van der Waals surface area contributed by atoms with E-state index in [1.54, 1.807) is 48.5 Å². The van der Waals surface area contributed by atoms with Crippen LogP contribution in [-0.2, 0) is 14.3 Å². The predicted molar refractivity (Wildman–Crippen MR) is 102 cm³/mol. The Morgan fingerprint density at radius 3 is 2.11 bits per heavy atom. The number of esters is 1. The molecule has 0 bridgehead atoms. The molecule has 2 atom stereocenters. The van der Waals surface area contributed by atoms with Gasteiger partial charge >= 0.3 is 5.97 Å². The van der Waals surface area contributed by atoms with Crippen molar-refractivity contribution in [3.63, 3.8) is 0 Å². The minimum absolute atomic E-state index is 0.0728. The van der Waals surface area contributed by atoms with Gasteiger partial charge in [0.25, 0.3) is 5.91 Å². The summed E-state index contributed by atoms with van der Waals surface area (Å²) in [5.74, 6) is -0.865. The largest absolute Gasteiger partial charge is 0.479 e. The number of ketones is 1. The summed E-state index contributed by atoms with van der Waals surface area (Å²) in [5, 5.41) is 11.4. The lowest BCUT2D eigenvalue weighted by molar-refractivity contribution is -0.159. The maximum Gasteiger partial charge on any atom is 0.347 e. The molecule has 0 heterocycles. The van der Waals surface area contributed by atoms with E-state index in [2.05, 4.69) is 5.32 Å². The van der Waals surface area contributed by atoms with Crippen molar-refractivity contribution in [2.45, 2.75) is 33.0 Å². The van der Waals surface area contributed by atoms with E-state index in [1.807, 2.05) is 6.07 Å². The summed E-state index contributed by atoms with van der Waals surface area (Å²) >= 11 is 0. The Balaban J connectivity index is 1.88. The highest BCUT2D eigenvalue weighted by molar-refractivity contribution is 5.97. The molecule has 0 aliphatic carbocycles. The fourth-order valence-electron chi connectivity index (χ4n) is 2.22. The van der Waals surface area contributed by atoms with Crippen molar-refractivity contribution in [3.05, 3.63) is 59.7 Å². The average Bonchev–Trinajstić information content (AvgIpc) is 2.68. The maximum absolute atomic E-state index is 12.2. The molecule has 0 aliphatic heterocycles. The second-order valence-electron chi connectivity index (χ2n) is 6.10. The molecule has 0 unspecified atom stereocenters. The second-order valence-corrected chi connectivity index (χ2v) is 6.10. The second kappa shape index (κ2) is 9.33. The van der Waals surface area contributed by atoms with Crippen LogP contribution in [0.1, 0.15) is 36.7 Å². The summed E-state index contributed by atoms with van der Waals surface area (Å²) in [6.07, 6.45) is -1.97. The van der Waals surface area contributed by atoms with Crippen LogP contribution in [0.5, 0.6) is 5.75 Å². The smallest absolute Gasteiger partial charge is 0.347 e. The zero-order valence-electron chi connectivity index (χ0n) is 15.8. The van der Waals surface area contributed by atoms with Crippen LogP contribution < -0.4 is 10.1 Å². The first-order chi connectivity index (χ1) is 13.3. The first-order valence-electron chi connectivity index (χ1n) is 8.59. The third-order valence-corrected chi connectivity index (χ3v) is 3.85. The minimum atomic E-state index is -1.04. The molecule has 0 saturated carbocycles. The number of Topliss-reactive ketones (excluding diaryl/α,β-unsaturated/α-hetero) is 1. The van der Waals surface area contributed by atoms with Crippen molar-refractivity contribution in [2.24, 2.45) is 0 Å². The molecule has 2 aromatic carbocycles. The Morgan fingerprint density at radius 2 is 1.57 bits per heavy atom. The van der Waals surface area contributed by atoms with Crippen molar-refractivity contribution in [2.75, 3.05) is 5.32 Å². The summed E-state index contributed by atoms with van der Waals surface area (Å²) in [7, 11) is 0. The normalized spacial score (nSPS) is 12.2. The number of carbonyl (C=O) groups excluding carboxylic acids is 3. The third kappa shape index (κ3) is 5.68. The molecule has 144 valence electrons. The number of nitrogens with one attached hydrogen (secondary N) is 1. The van der Waals surface area contributed by atoms with Crippen molar-refractivity contribution in [1.29, 1.82) is 5.26 Å². The molecule has 0 aliphatic rings. The molecule has 7 nitrogen and oxygen atoms in total. The lowest BCUT2D eigenvalue weighted by Crippen LogP contribution is -2.35. The van der Waals surface area contributed by atoms with Gasteiger partial charge in [0.05, 0.1) is 11.6 Å². The van der Waals surface area contributed by atoms with Crippen LogP contribution in [0.4, 0.5) is 5.69 Å². The number of hydrogen-bond donors (Lipinski definition) is 1. The Labute approximate surface area is 162 Å². The number of rotatable bonds is 7. The molecule has 0 spiro atoms. The molecule has 0 aromatic heterocycles. The quantitative estimate of drug-likeness (QED) is 0.584. The van der Waals surface area contributed by atoms with E-state index in [9.17, 15) is 14.4 Å². The van der Waals surface area contributed by atoms with Gasteiger partial charge in [-0.25, -0.2) is 4.79 Å². The van der Waals surface area contributed by atoms with E-state index in [-0.39, 0.29) is 5.78 Å². The lowest BCUT2D eigenvalue weighted by Gasteiger charge is -2.18. The van der Waals surface area contributed by atoms with Crippen molar-refractivity contribution in [3.8, 4) is 11.8 Å². The summed E-state index contributed by atoms with van der Waals surface area (Å²) < 4.78 is 10.6. The number of anilines is 1. The molecule has 28 heavy (non-hydrogen) atoms. The highest BCUT2D eigenvalue weighted by Gasteiger charge is 2.23. The molecule has 0 radical (unpaired) electrons. The Bertz CT molecular complexity index is 898. The van der Waals surface area contributed by atoms with E-state index < -0.39 is 24.1 Å². The number of nitriles is 1. The molecule has 0 fully saturated rings. The average molecular weight is 380 g/mol. The summed E-state index contributed by atoms with van der Waals surface area (Å²) in [4.78, 5) is 35.6. The van der Waals surface area contributed by atoms with Gasteiger partial charge in [-0.2, -0.15) is 5.26 Å². The van der Waals surface area contributed by atoms with Crippen LogP contribution >= 0.6 is 0 Å². The van der Waals surface area contributed by atoms with Gasteiger partial charge in [-0.05, 0) is 69.3 Å². The van der Waals surface area contributed by atoms with Gasteiger partial charge < -0.3 is 14.8 Å². The van der Waals surface area contributed by atoms with Crippen molar-refractivity contribution >= 4 is 23.3 Å². The zero-order chi connectivity index (χ0) is 20.7. The molecular weight excluding hydrogens is 360 g/mol. The molecule has 2 rings (SSSR count). The van der Waals surface area contributed by atoms with E-state index >= 15 is 0 Å². The van der Waals surface area contributed by atoms with Crippen molar-refractivity contribution in [1.82, 2.24) is 0 Å². The summed E-state index contributed by atoms with van der Waals surface area (Å²) in [6, 6.07) is 14.7. The van der Waals surface area contributed by atoms with E-state index in [0.29, 0.717) is 22.6 Å². The van der Waals surface area contributed by atoms with Gasteiger partial charge in [0.1, 0.15) is 5.75 Å². The topological polar surface area (TPSA) is 105 Å². The Kier molecular flexibility index (Phi) is 6.88. The van der Waals surface area contributed by atoms with Crippen molar-refractivity contribution < 1.29 is 23.9 Å². The summed E-state index contributed by atoms with van der Waals surface area (Å²) in [5.41, 5.74) is 1.50. The molecule has 1 amide bonds. The van der Waals surface area contributed by atoms with Gasteiger partial charge in [0.15, 0.2) is 18.0 Å². The van der Waals surface area contributed by atoms with Crippen LogP contribution in [-0.4, -0.2) is 29.9 Å². The number of hydrogen-bond acceptors (Lipinski definition) is 6. The lowest BCUT2D eigenvalue weighted by atomic mass is 10.1. The summed E-state index contributed by atoms with van der Waals surface area (Å²) in [6.45, 7) is 4.41. The fraction of sp³-hybridized carbons (Fsp3) is 0.238. The standard InChI is InChI=1S/C21H20N2O5/c1-13(24)17-6-8-18(9-7-17)23-20(25)14(2)28-21(26)15(3)27-19-10-4-16(12-22)5-11-19/h4-11,14-15H,1-3H3,(H,23,25)/t14-,15-/m0/s1. The van der Waals surface area contributed by atoms with E-state index in [0.717, 1.165) is 0 Å². The number of amides is 1. The van der Waals surface area contributed by atoms with Gasteiger partial charge in [0.2, 0.25) is 0 Å². The highest BCUT2D eigenvalue weighted by atomic mass is 16.6. The molecular formula is C21H20N2O5. The minimum Gasteiger partial charge on any atom is -0.479 e. The van der Waals surface area contributed by atoms with E-state index in [1.165, 1.54) is 20.8 Å². The first kappa shape index (κ1) is 20.6. The number of carbonyl (C=O) groups is 3. The Morgan fingerprint density at radius 1 is 0.964 bits per heavy atom. The first-order valence-corrected chi connectivity index (χ1v) is 8.59. The van der Waals surface area contributed by atoms with Crippen LogP contribution in [0.2, 0.25) is 0 Å². The monoisotopic (exact) mass is 380 g/mol. The zero-order valence-corrected chi connectivity index (χ0v) is 15.8. The van der Waals surface area contributed by atoms with Gasteiger partial charge in [-0.1, -0.05) is 0 Å². The van der Waals surface area contributed by atoms with Gasteiger partial charge in [0, 0.05) is 11.3 Å². The van der Waals surface area contributed by atoms with Crippen LogP contribution in [0.15, 0.2) is 48.5 Å². The van der Waals surface area contributed by atoms with Gasteiger partial charge in [-0.15, -0.1) is 0 Å². The third-order valence-electron chi connectivity index (χ3n) is 3.85. The van der Waals surface area contributed by atoms with Crippen LogP contribution in [0, 0.1) is 11.3 Å². The fourth-order valence-corrected chi connectivity index (χ4v) is 2.22. The number of benzene rings is 2. The Hall–Kier alpha value is -3.66. The predicted octanol–water partition coefficient (Wildman–Crippen LogP) is 3.10. The highest BCUT2D eigenvalue weighted by Crippen LogP contribution is 2.15. The van der Waals surface area contributed by atoms with Gasteiger partial charge in [-0.3, -0.25) is 9.59 Å².